The zero-order valence-electron chi connectivity index (χ0n) is 22.7. The Morgan fingerprint density at radius 2 is 2.00 bits per heavy atom. The van der Waals surface area contributed by atoms with Crippen LogP contribution in [0, 0.1) is 18.8 Å². The standard InChI is InChI=1S/C29H42N6O2/c1-4-34-19-24(21(2)31-34)18-32(3)27(36)13-5-12-26-25-11-8-16-33-15-7-10-23(28(25)33)20-35(26)29(37)22-9-6-14-30-17-22/h6,9,14,17,19,23,25-26,28H,4-5,7-8,10-13,15-16,18,20H2,1-3H3/t23-,25+,26+,28-/m0/s1. The van der Waals surface area contributed by atoms with E-state index in [-0.39, 0.29) is 17.9 Å². The van der Waals surface area contributed by atoms with Crippen molar-refractivity contribution in [2.45, 2.75) is 84.0 Å². The van der Waals surface area contributed by atoms with Crippen molar-refractivity contribution in [3.05, 3.63) is 47.5 Å². The van der Waals surface area contributed by atoms with E-state index in [2.05, 4.69) is 26.8 Å². The maximum Gasteiger partial charge on any atom is 0.255 e. The Bertz CT molecular complexity index is 1080. The second kappa shape index (κ2) is 11.3. The molecule has 0 radical (unpaired) electrons. The minimum Gasteiger partial charge on any atom is -0.341 e. The molecule has 5 heterocycles. The van der Waals surface area contributed by atoms with E-state index >= 15 is 0 Å². The molecule has 3 saturated heterocycles. The molecule has 0 aliphatic carbocycles. The van der Waals surface area contributed by atoms with Gasteiger partial charge in [0.2, 0.25) is 5.91 Å². The van der Waals surface area contributed by atoms with E-state index in [4.69, 9.17) is 0 Å². The van der Waals surface area contributed by atoms with Gasteiger partial charge in [-0.1, -0.05) is 0 Å². The van der Waals surface area contributed by atoms with E-state index in [1.807, 2.05) is 41.9 Å². The maximum atomic E-state index is 13.7. The molecule has 0 spiro atoms. The van der Waals surface area contributed by atoms with Crippen LogP contribution in [0.25, 0.3) is 0 Å². The van der Waals surface area contributed by atoms with Gasteiger partial charge in [0.25, 0.3) is 5.91 Å². The van der Waals surface area contributed by atoms with Gasteiger partial charge in [0.15, 0.2) is 0 Å². The Labute approximate surface area is 221 Å². The van der Waals surface area contributed by atoms with Crippen molar-refractivity contribution in [3.8, 4) is 0 Å². The van der Waals surface area contributed by atoms with Gasteiger partial charge < -0.3 is 9.80 Å². The highest BCUT2D eigenvalue weighted by Gasteiger charge is 2.49. The lowest BCUT2D eigenvalue weighted by molar-refractivity contribution is -0.130. The van der Waals surface area contributed by atoms with Crippen LogP contribution in [-0.4, -0.2) is 80.0 Å². The third-order valence-corrected chi connectivity index (χ3v) is 8.94. The molecule has 0 saturated carbocycles. The van der Waals surface area contributed by atoms with Crippen molar-refractivity contribution in [2.75, 3.05) is 26.7 Å². The van der Waals surface area contributed by atoms with Gasteiger partial charge in [0, 0.05) is 69.3 Å². The van der Waals surface area contributed by atoms with Gasteiger partial charge in [-0.15, -0.1) is 0 Å². The molecule has 3 aliphatic heterocycles. The number of hydrogen-bond acceptors (Lipinski definition) is 5. The highest BCUT2D eigenvalue weighted by atomic mass is 16.2. The van der Waals surface area contributed by atoms with Crippen molar-refractivity contribution in [1.29, 1.82) is 0 Å². The lowest BCUT2D eigenvalue weighted by atomic mass is 9.69. The van der Waals surface area contributed by atoms with E-state index in [1.165, 1.54) is 38.8 Å². The number of hydrogen-bond donors (Lipinski definition) is 0. The molecular weight excluding hydrogens is 464 g/mol. The van der Waals surface area contributed by atoms with Crippen LogP contribution in [0.15, 0.2) is 30.7 Å². The molecule has 3 aliphatic rings. The molecule has 2 amide bonds. The molecule has 0 aromatic carbocycles. The molecule has 4 atom stereocenters. The Morgan fingerprint density at radius 1 is 1.19 bits per heavy atom. The lowest BCUT2D eigenvalue weighted by Gasteiger charge is -2.57. The predicted octanol–water partition coefficient (Wildman–Crippen LogP) is 3.75. The van der Waals surface area contributed by atoms with Crippen molar-refractivity contribution < 1.29 is 9.59 Å². The molecule has 3 fully saturated rings. The number of likely N-dealkylation sites (tertiary alicyclic amines) is 1. The summed E-state index contributed by atoms with van der Waals surface area (Å²) in [5.41, 5.74) is 2.76. The molecule has 2 aromatic rings. The van der Waals surface area contributed by atoms with E-state index in [0.717, 1.165) is 37.2 Å². The minimum absolute atomic E-state index is 0.103. The lowest BCUT2D eigenvalue weighted by Crippen LogP contribution is -2.65. The number of rotatable bonds is 8. The second-order valence-electron chi connectivity index (χ2n) is 11.2. The van der Waals surface area contributed by atoms with Gasteiger partial charge in [-0.25, -0.2) is 0 Å². The van der Waals surface area contributed by atoms with E-state index in [0.29, 0.717) is 36.4 Å². The Balaban J connectivity index is 1.27. The molecule has 37 heavy (non-hydrogen) atoms. The molecule has 8 nitrogen and oxygen atoms in total. The fourth-order valence-corrected chi connectivity index (χ4v) is 7.13. The third kappa shape index (κ3) is 5.44. The quantitative estimate of drug-likeness (QED) is 0.545. The second-order valence-corrected chi connectivity index (χ2v) is 11.2. The monoisotopic (exact) mass is 506 g/mol. The number of aromatic nitrogens is 3. The SMILES string of the molecule is CCn1cc(CN(C)C(=O)CCC[C@@H]2[C@H]3CCCN4CCC[C@@H](CN2C(=O)c2cccnc2)[C@@H]34)c(C)n1. The normalized spacial score (nSPS) is 25.5. The molecule has 0 unspecified atom stereocenters. The fourth-order valence-electron chi connectivity index (χ4n) is 7.13. The average Bonchev–Trinajstić information content (AvgIpc) is 3.28. The highest BCUT2D eigenvalue weighted by Crippen LogP contribution is 2.43. The van der Waals surface area contributed by atoms with Crippen LogP contribution >= 0.6 is 0 Å². The highest BCUT2D eigenvalue weighted by molar-refractivity contribution is 5.94. The van der Waals surface area contributed by atoms with Crippen LogP contribution in [0.5, 0.6) is 0 Å². The van der Waals surface area contributed by atoms with Crippen molar-refractivity contribution >= 4 is 11.8 Å². The van der Waals surface area contributed by atoms with Crippen molar-refractivity contribution in [2.24, 2.45) is 11.8 Å². The summed E-state index contributed by atoms with van der Waals surface area (Å²) in [6, 6.07) is 4.49. The van der Waals surface area contributed by atoms with Crippen molar-refractivity contribution in [1.82, 2.24) is 29.5 Å². The summed E-state index contributed by atoms with van der Waals surface area (Å²) in [5.74, 6) is 1.30. The maximum absolute atomic E-state index is 13.7. The summed E-state index contributed by atoms with van der Waals surface area (Å²) >= 11 is 0. The fraction of sp³-hybridized carbons (Fsp3) is 0.655. The Hall–Kier alpha value is -2.74. The summed E-state index contributed by atoms with van der Waals surface area (Å²) in [4.78, 5) is 37.7. The van der Waals surface area contributed by atoms with Gasteiger partial charge in [-0.2, -0.15) is 5.10 Å². The molecule has 2 aromatic heterocycles. The molecular formula is C29H42N6O2. The van der Waals surface area contributed by atoms with Crippen LogP contribution in [0.4, 0.5) is 0 Å². The van der Waals surface area contributed by atoms with E-state index < -0.39 is 0 Å². The number of pyridine rings is 1. The number of carbonyl (C=O) groups is 2. The first-order chi connectivity index (χ1) is 18.0. The van der Waals surface area contributed by atoms with E-state index in [1.54, 1.807) is 12.4 Å². The van der Waals surface area contributed by atoms with Gasteiger partial charge >= 0.3 is 0 Å². The number of piperidine rings is 3. The number of nitrogens with zero attached hydrogens (tertiary/aromatic N) is 6. The van der Waals surface area contributed by atoms with E-state index in [9.17, 15) is 9.59 Å². The van der Waals surface area contributed by atoms with Gasteiger partial charge in [-0.05, 0) is 89.4 Å². The number of aryl methyl sites for hydroxylation is 2. The first kappa shape index (κ1) is 25.9. The zero-order valence-corrected chi connectivity index (χ0v) is 22.7. The average molecular weight is 507 g/mol. The zero-order chi connectivity index (χ0) is 25.9. The Morgan fingerprint density at radius 3 is 2.73 bits per heavy atom. The van der Waals surface area contributed by atoms with Crippen LogP contribution in [0.3, 0.4) is 0 Å². The smallest absolute Gasteiger partial charge is 0.255 e. The molecule has 8 heteroatoms. The van der Waals surface area contributed by atoms with Crippen LogP contribution in [-0.2, 0) is 17.9 Å². The summed E-state index contributed by atoms with van der Waals surface area (Å²) in [6.45, 7) is 8.69. The van der Waals surface area contributed by atoms with Gasteiger partial charge in [-0.3, -0.25) is 24.2 Å². The molecule has 0 N–H and O–H groups in total. The minimum atomic E-state index is 0.103. The van der Waals surface area contributed by atoms with Crippen LogP contribution in [0.1, 0.15) is 73.5 Å². The topological polar surface area (TPSA) is 74.6 Å². The molecule has 200 valence electrons. The third-order valence-electron chi connectivity index (χ3n) is 8.94. The van der Waals surface area contributed by atoms with Crippen molar-refractivity contribution in [3.63, 3.8) is 0 Å². The van der Waals surface area contributed by atoms with Crippen LogP contribution in [0.2, 0.25) is 0 Å². The Kier molecular flexibility index (Phi) is 7.93. The van der Waals surface area contributed by atoms with Gasteiger partial charge in [0.05, 0.1) is 11.3 Å². The van der Waals surface area contributed by atoms with Gasteiger partial charge in [0.1, 0.15) is 0 Å². The predicted molar refractivity (Wildman–Crippen MR) is 143 cm³/mol. The number of carbonyl (C=O) groups excluding carboxylic acids is 2. The summed E-state index contributed by atoms with van der Waals surface area (Å²) in [6.07, 6.45) is 12.4. The molecule has 5 rings (SSSR count). The summed E-state index contributed by atoms with van der Waals surface area (Å²) in [5, 5.41) is 4.51. The number of amides is 2. The first-order valence-corrected chi connectivity index (χ1v) is 14.2. The molecule has 0 bridgehead atoms. The summed E-state index contributed by atoms with van der Waals surface area (Å²) < 4.78 is 1.92. The van der Waals surface area contributed by atoms with Crippen LogP contribution < -0.4 is 0 Å². The first-order valence-electron chi connectivity index (χ1n) is 14.2. The summed E-state index contributed by atoms with van der Waals surface area (Å²) in [7, 11) is 1.88. The largest absolute Gasteiger partial charge is 0.341 e.